The van der Waals surface area contributed by atoms with E-state index in [4.69, 9.17) is 14.5 Å². The summed E-state index contributed by atoms with van der Waals surface area (Å²) in [6.45, 7) is 14.3. The zero-order chi connectivity index (χ0) is 24.4. The fraction of sp³-hybridized carbons (Fsp3) is 0.448. The Balaban J connectivity index is 1.67. The number of hydrogen-bond donors (Lipinski definition) is 0. The number of aromatic nitrogens is 2. The van der Waals surface area contributed by atoms with Crippen LogP contribution < -0.4 is 4.74 Å². The Bertz CT molecular complexity index is 1190. The Kier molecular flexibility index (Phi) is 7.11. The summed E-state index contributed by atoms with van der Waals surface area (Å²) in [6.07, 6.45) is 4.61. The Morgan fingerprint density at radius 1 is 1.15 bits per heavy atom. The van der Waals surface area contributed by atoms with Crippen molar-refractivity contribution in [3.8, 4) is 17.0 Å². The molecule has 0 spiro atoms. The van der Waals surface area contributed by atoms with E-state index < -0.39 is 0 Å². The van der Waals surface area contributed by atoms with Gasteiger partial charge in [0.25, 0.3) is 0 Å². The first-order valence-corrected chi connectivity index (χ1v) is 12.5. The first kappa shape index (κ1) is 24.1. The molecule has 1 aliphatic carbocycles. The molecule has 3 aromatic rings. The van der Waals surface area contributed by atoms with Gasteiger partial charge in [0.15, 0.2) is 0 Å². The van der Waals surface area contributed by atoms with Crippen LogP contribution in [0, 0.1) is 5.92 Å². The lowest BCUT2D eigenvalue weighted by Gasteiger charge is -2.22. The first-order valence-electron chi connectivity index (χ1n) is 12.5. The van der Waals surface area contributed by atoms with E-state index in [0.29, 0.717) is 0 Å². The molecule has 4 rings (SSSR count). The normalized spacial score (nSPS) is 20.1. The molecule has 0 amide bonds. The molecule has 1 aromatic carbocycles. The standard InChI is InChI=1S/C29H36N2O3/c1-7-21-11-13-23(24(8-2)30-21)26-16-20-10-12-22(17-25(20)31(26)18(4)5)33-27-14-15-28(19(27)6)34-29(32)9-3/h9-13,16-19,27-28H,3,7-8,14-15H2,1-2,4-6H3. The SMILES string of the molecule is C=CC(=O)OC1CCC(Oc2ccc3cc(-c4ccc(CC)nc4CC)n(C(C)C)c3c2)C1C. The highest BCUT2D eigenvalue weighted by Crippen LogP contribution is 2.37. The molecule has 1 saturated carbocycles. The van der Waals surface area contributed by atoms with Gasteiger partial charge in [-0.15, -0.1) is 0 Å². The van der Waals surface area contributed by atoms with Crippen LogP contribution in [-0.4, -0.2) is 27.7 Å². The fourth-order valence-corrected chi connectivity index (χ4v) is 5.08. The summed E-state index contributed by atoms with van der Waals surface area (Å²) in [6, 6.07) is 13.2. The summed E-state index contributed by atoms with van der Waals surface area (Å²) in [5.41, 5.74) is 5.82. The van der Waals surface area contributed by atoms with Crippen LogP contribution in [0.3, 0.4) is 0 Å². The van der Waals surface area contributed by atoms with Gasteiger partial charge in [-0.3, -0.25) is 4.98 Å². The maximum atomic E-state index is 11.6. The zero-order valence-electron chi connectivity index (χ0n) is 21.0. The van der Waals surface area contributed by atoms with E-state index in [1.807, 2.05) is 6.07 Å². The molecule has 1 aliphatic rings. The molecule has 1 fully saturated rings. The number of fused-ring (bicyclic) bond motifs is 1. The van der Waals surface area contributed by atoms with Gasteiger partial charge in [0.1, 0.15) is 18.0 Å². The molecule has 34 heavy (non-hydrogen) atoms. The van der Waals surface area contributed by atoms with Gasteiger partial charge >= 0.3 is 5.97 Å². The molecular weight excluding hydrogens is 424 g/mol. The Labute approximate surface area is 202 Å². The number of nitrogens with zero attached hydrogens (tertiary/aromatic N) is 2. The van der Waals surface area contributed by atoms with Crippen molar-refractivity contribution in [1.29, 1.82) is 0 Å². The van der Waals surface area contributed by atoms with Crippen LogP contribution in [0.25, 0.3) is 22.2 Å². The zero-order valence-corrected chi connectivity index (χ0v) is 21.0. The van der Waals surface area contributed by atoms with E-state index in [1.54, 1.807) is 0 Å². The lowest BCUT2D eigenvalue weighted by atomic mass is 10.1. The van der Waals surface area contributed by atoms with Gasteiger partial charge in [-0.2, -0.15) is 0 Å². The van der Waals surface area contributed by atoms with E-state index in [9.17, 15) is 4.79 Å². The fourth-order valence-electron chi connectivity index (χ4n) is 5.08. The molecule has 5 heteroatoms. The predicted molar refractivity (Wildman–Crippen MR) is 137 cm³/mol. The van der Waals surface area contributed by atoms with E-state index in [0.717, 1.165) is 48.3 Å². The Morgan fingerprint density at radius 3 is 2.59 bits per heavy atom. The van der Waals surface area contributed by atoms with Crippen LogP contribution >= 0.6 is 0 Å². The molecule has 0 bridgehead atoms. The molecule has 0 aliphatic heterocycles. The van der Waals surface area contributed by atoms with E-state index in [-0.39, 0.29) is 30.1 Å². The molecule has 0 N–H and O–H groups in total. The molecule has 3 atom stereocenters. The smallest absolute Gasteiger partial charge is 0.330 e. The topological polar surface area (TPSA) is 53.4 Å². The minimum Gasteiger partial charge on any atom is -0.490 e. The molecule has 5 nitrogen and oxygen atoms in total. The number of ether oxygens (including phenoxy) is 2. The number of aryl methyl sites for hydroxylation is 2. The van der Waals surface area contributed by atoms with Gasteiger partial charge in [-0.25, -0.2) is 4.79 Å². The Hall–Kier alpha value is -3.08. The maximum absolute atomic E-state index is 11.6. The third kappa shape index (κ3) is 4.61. The van der Waals surface area contributed by atoms with Crippen molar-refractivity contribution >= 4 is 16.9 Å². The van der Waals surface area contributed by atoms with Crippen molar-refractivity contribution in [2.24, 2.45) is 5.92 Å². The second-order valence-electron chi connectivity index (χ2n) is 9.49. The van der Waals surface area contributed by atoms with Crippen molar-refractivity contribution in [1.82, 2.24) is 9.55 Å². The molecule has 2 aromatic heterocycles. The average Bonchev–Trinajstić information content (AvgIpc) is 3.38. The van der Waals surface area contributed by atoms with Crippen molar-refractivity contribution in [2.75, 3.05) is 0 Å². The first-order chi connectivity index (χ1) is 16.4. The highest BCUT2D eigenvalue weighted by Gasteiger charge is 2.36. The minimum absolute atomic E-state index is 0.0134. The Morgan fingerprint density at radius 2 is 1.91 bits per heavy atom. The summed E-state index contributed by atoms with van der Waals surface area (Å²) in [5.74, 6) is 0.609. The number of rotatable bonds is 8. The van der Waals surface area contributed by atoms with Gasteiger partial charge in [0, 0.05) is 46.4 Å². The predicted octanol–water partition coefficient (Wildman–Crippen LogP) is 6.68. The van der Waals surface area contributed by atoms with Crippen LogP contribution in [0.4, 0.5) is 0 Å². The second-order valence-corrected chi connectivity index (χ2v) is 9.49. The molecule has 3 unspecified atom stereocenters. The van der Waals surface area contributed by atoms with Gasteiger partial charge in [0.2, 0.25) is 0 Å². The minimum atomic E-state index is -0.367. The molecule has 2 heterocycles. The highest BCUT2D eigenvalue weighted by molar-refractivity contribution is 5.88. The number of benzene rings is 1. The number of hydrogen-bond acceptors (Lipinski definition) is 4. The molecular formula is C29H36N2O3. The van der Waals surface area contributed by atoms with Gasteiger partial charge < -0.3 is 14.0 Å². The van der Waals surface area contributed by atoms with Gasteiger partial charge in [-0.05, 0) is 69.9 Å². The summed E-state index contributed by atoms with van der Waals surface area (Å²) in [7, 11) is 0. The van der Waals surface area contributed by atoms with E-state index in [1.165, 1.54) is 22.7 Å². The van der Waals surface area contributed by atoms with Crippen molar-refractivity contribution < 1.29 is 14.3 Å². The van der Waals surface area contributed by atoms with E-state index in [2.05, 4.69) is 76.1 Å². The van der Waals surface area contributed by atoms with Crippen LogP contribution in [0.15, 0.2) is 49.1 Å². The van der Waals surface area contributed by atoms with Crippen LogP contribution in [-0.2, 0) is 22.4 Å². The van der Waals surface area contributed by atoms with Gasteiger partial charge in [-0.1, -0.05) is 27.4 Å². The van der Waals surface area contributed by atoms with Gasteiger partial charge in [0.05, 0.1) is 11.2 Å². The lowest BCUT2D eigenvalue weighted by Crippen LogP contribution is -2.27. The van der Waals surface area contributed by atoms with E-state index >= 15 is 0 Å². The summed E-state index contributed by atoms with van der Waals surface area (Å²) in [4.78, 5) is 16.5. The maximum Gasteiger partial charge on any atom is 0.330 e. The largest absolute Gasteiger partial charge is 0.490 e. The third-order valence-corrected chi connectivity index (χ3v) is 6.96. The summed E-state index contributed by atoms with van der Waals surface area (Å²) in [5, 5.41) is 1.19. The van der Waals surface area contributed by atoms with Crippen molar-refractivity contribution in [3.63, 3.8) is 0 Å². The second kappa shape index (κ2) is 10.0. The summed E-state index contributed by atoms with van der Waals surface area (Å²) < 4.78 is 14.3. The monoisotopic (exact) mass is 460 g/mol. The number of carbonyl (C=O) groups is 1. The molecule has 0 radical (unpaired) electrons. The lowest BCUT2D eigenvalue weighted by molar-refractivity contribution is -0.144. The highest BCUT2D eigenvalue weighted by atomic mass is 16.5. The van der Waals surface area contributed by atoms with Crippen LogP contribution in [0.2, 0.25) is 0 Å². The quantitative estimate of drug-likeness (QED) is 0.278. The third-order valence-electron chi connectivity index (χ3n) is 6.96. The molecule has 180 valence electrons. The number of pyridine rings is 1. The number of carbonyl (C=O) groups excluding carboxylic acids is 1. The van der Waals surface area contributed by atoms with Crippen molar-refractivity contribution in [3.05, 3.63) is 60.4 Å². The average molecular weight is 461 g/mol. The number of esters is 1. The van der Waals surface area contributed by atoms with Crippen molar-refractivity contribution in [2.45, 2.75) is 78.6 Å². The van der Waals surface area contributed by atoms with Crippen LogP contribution in [0.5, 0.6) is 5.75 Å². The molecule has 0 saturated heterocycles. The summed E-state index contributed by atoms with van der Waals surface area (Å²) >= 11 is 0. The van der Waals surface area contributed by atoms with Crippen LogP contribution in [0.1, 0.15) is 64.9 Å².